The summed E-state index contributed by atoms with van der Waals surface area (Å²) >= 11 is 0. The third-order valence-corrected chi connectivity index (χ3v) is 6.04. The molecule has 3 heteroatoms. The van der Waals surface area contributed by atoms with Crippen molar-refractivity contribution >= 4 is 0 Å². The second-order valence-corrected chi connectivity index (χ2v) is 7.63. The van der Waals surface area contributed by atoms with Crippen LogP contribution in [0.2, 0.25) is 0 Å². The lowest BCUT2D eigenvalue weighted by molar-refractivity contribution is -0.230. The second kappa shape index (κ2) is 8.43. The van der Waals surface area contributed by atoms with E-state index in [4.69, 9.17) is 9.47 Å². The van der Waals surface area contributed by atoms with Crippen LogP contribution in [-0.4, -0.2) is 19.5 Å². The molecule has 1 aliphatic heterocycles. The first-order valence-electron chi connectivity index (χ1n) is 9.45. The fourth-order valence-corrected chi connectivity index (χ4v) is 4.49. The van der Waals surface area contributed by atoms with Crippen molar-refractivity contribution in [2.75, 3.05) is 13.2 Å². The molecule has 2 aliphatic carbocycles. The molecule has 1 saturated carbocycles. The van der Waals surface area contributed by atoms with E-state index in [1.807, 2.05) is 12.2 Å². The second-order valence-electron chi connectivity index (χ2n) is 7.63. The third-order valence-electron chi connectivity index (χ3n) is 6.04. The van der Waals surface area contributed by atoms with Gasteiger partial charge in [-0.3, -0.25) is 0 Å². The summed E-state index contributed by atoms with van der Waals surface area (Å²) in [5.74, 6) is 2.67. The minimum Gasteiger partial charge on any atom is -0.352 e. The molecule has 0 N–H and O–H groups in total. The van der Waals surface area contributed by atoms with Crippen molar-refractivity contribution in [1.82, 2.24) is 0 Å². The summed E-state index contributed by atoms with van der Waals surface area (Å²) in [7, 11) is 0. The zero-order valence-electron chi connectivity index (χ0n) is 14.2. The maximum atomic E-state index is 13.2. The van der Waals surface area contributed by atoms with Gasteiger partial charge in [0, 0.05) is 11.8 Å². The SMILES string of the molecule is C=CCCC1COC(C2CCC(C3CC=C(F)CC3)CC2)OC1. The monoisotopic (exact) mass is 322 g/mol. The number of rotatable bonds is 5. The molecule has 1 atom stereocenters. The molecule has 0 spiro atoms. The standard InChI is InChI=1S/C20H31FO2/c1-2-3-4-15-13-22-20(23-14-15)18-7-5-16(6-8-18)17-9-11-19(21)12-10-17/h2,11,15-18,20H,1,3-10,12-14H2. The van der Waals surface area contributed by atoms with E-state index in [1.54, 1.807) is 0 Å². The quantitative estimate of drug-likeness (QED) is 0.631. The van der Waals surface area contributed by atoms with Crippen LogP contribution < -0.4 is 0 Å². The van der Waals surface area contributed by atoms with E-state index in [0.717, 1.165) is 44.8 Å². The maximum Gasteiger partial charge on any atom is 0.160 e. The first-order chi connectivity index (χ1) is 11.3. The number of hydrogen-bond acceptors (Lipinski definition) is 2. The topological polar surface area (TPSA) is 18.5 Å². The number of halogens is 1. The van der Waals surface area contributed by atoms with Gasteiger partial charge in [-0.15, -0.1) is 6.58 Å². The van der Waals surface area contributed by atoms with Crippen LogP contribution in [-0.2, 0) is 9.47 Å². The van der Waals surface area contributed by atoms with Gasteiger partial charge in [-0.1, -0.05) is 12.2 Å². The fourth-order valence-electron chi connectivity index (χ4n) is 4.49. The average Bonchev–Trinajstić information content (AvgIpc) is 2.61. The Kier molecular flexibility index (Phi) is 6.29. The highest BCUT2D eigenvalue weighted by molar-refractivity contribution is 4.99. The molecule has 1 heterocycles. The number of hydrogen-bond donors (Lipinski definition) is 0. The van der Waals surface area contributed by atoms with E-state index in [2.05, 4.69) is 6.58 Å². The summed E-state index contributed by atoms with van der Waals surface area (Å²) in [5.41, 5.74) is 0. The van der Waals surface area contributed by atoms with Crippen LogP contribution in [0, 0.1) is 23.7 Å². The smallest absolute Gasteiger partial charge is 0.160 e. The van der Waals surface area contributed by atoms with Crippen LogP contribution in [0.5, 0.6) is 0 Å². The van der Waals surface area contributed by atoms with Gasteiger partial charge in [0.05, 0.1) is 19.0 Å². The molecule has 1 saturated heterocycles. The van der Waals surface area contributed by atoms with Crippen LogP contribution in [0.15, 0.2) is 24.6 Å². The summed E-state index contributed by atoms with van der Waals surface area (Å²) in [6.07, 6.45) is 13.5. The normalized spacial score (nSPS) is 38.8. The van der Waals surface area contributed by atoms with Crippen molar-refractivity contribution < 1.29 is 13.9 Å². The van der Waals surface area contributed by atoms with Crippen molar-refractivity contribution in [3.8, 4) is 0 Å². The van der Waals surface area contributed by atoms with Gasteiger partial charge < -0.3 is 9.47 Å². The molecule has 0 amide bonds. The van der Waals surface area contributed by atoms with Crippen molar-refractivity contribution in [1.29, 1.82) is 0 Å². The van der Waals surface area contributed by atoms with Gasteiger partial charge in [-0.2, -0.15) is 0 Å². The molecule has 0 aromatic rings. The lowest BCUT2D eigenvalue weighted by Crippen LogP contribution is -2.39. The van der Waals surface area contributed by atoms with Gasteiger partial charge in [-0.25, -0.2) is 4.39 Å². The van der Waals surface area contributed by atoms with Gasteiger partial charge in [0.2, 0.25) is 0 Å². The average molecular weight is 322 g/mol. The largest absolute Gasteiger partial charge is 0.352 e. The first kappa shape index (κ1) is 17.2. The first-order valence-corrected chi connectivity index (χ1v) is 9.45. The highest BCUT2D eigenvalue weighted by atomic mass is 19.1. The lowest BCUT2D eigenvalue weighted by Gasteiger charge is -2.39. The minimum absolute atomic E-state index is 0.0135. The molecule has 0 bridgehead atoms. The van der Waals surface area contributed by atoms with Gasteiger partial charge in [0.15, 0.2) is 6.29 Å². The molecular weight excluding hydrogens is 291 g/mol. The molecule has 0 aromatic carbocycles. The van der Waals surface area contributed by atoms with Gasteiger partial charge >= 0.3 is 0 Å². The van der Waals surface area contributed by atoms with Crippen LogP contribution in [0.4, 0.5) is 4.39 Å². The van der Waals surface area contributed by atoms with Gasteiger partial charge in [0.1, 0.15) is 0 Å². The van der Waals surface area contributed by atoms with E-state index < -0.39 is 0 Å². The van der Waals surface area contributed by atoms with Crippen LogP contribution in [0.3, 0.4) is 0 Å². The molecule has 0 aromatic heterocycles. The molecule has 2 fully saturated rings. The summed E-state index contributed by atoms with van der Waals surface area (Å²) < 4.78 is 25.2. The van der Waals surface area contributed by atoms with E-state index in [9.17, 15) is 4.39 Å². The lowest BCUT2D eigenvalue weighted by atomic mass is 9.72. The van der Waals surface area contributed by atoms with Crippen molar-refractivity contribution in [3.05, 3.63) is 24.6 Å². The highest BCUT2D eigenvalue weighted by Crippen LogP contribution is 2.41. The Morgan fingerprint density at radius 1 is 1.04 bits per heavy atom. The zero-order chi connectivity index (χ0) is 16.1. The van der Waals surface area contributed by atoms with Crippen LogP contribution in [0.25, 0.3) is 0 Å². The molecule has 2 nitrogen and oxygen atoms in total. The Morgan fingerprint density at radius 3 is 2.35 bits per heavy atom. The Hall–Kier alpha value is -0.670. The summed E-state index contributed by atoms with van der Waals surface area (Å²) in [4.78, 5) is 0. The molecule has 0 radical (unpaired) electrons. The molecule has 130 valence electrons. The minimum atomic E-state index is 0.0135. The maximum absolute atomic E-state index is 13.2. The molecule has 23 heavy (non-hydrogen) atoms. The van der Waals surface area contributed by atoms with E-state index >= 15 is 0 Å². The molecule has 1 unspecified atom stereocenters. The van der Waals surface area contributed by atoms with Gasteiger partial charge in [0.25, 0.3) is 0 Å². The Labute approximate surface area is 140 Å². The molecule has 3 rings (SSSR count). The summed E-state index contributed by atoms with van der Waals surface area (Å²) in [6.45, 7) is 5.45. The van der Waals surface area contributed by atoms with Crippen molar-refractivity contribution in [3.63, 3.8) is 0 Å². The molecular formula is C20H31FO2. The predicted molar refractivity (Wildman–Crippen MR) is 90.6 cm³/mol. The fraction of sp³-hybridized carbons (Fsp3) is 0.800. The molecule has 3 aliphatic rings. The van der Waals surface area contributed by atoms with Crippen LogP contribution in [0.1, 0.15) is 57.8 Å². The van der Waals surface area contributed by atoms with E-state index in [0.29, 0.717) is 24.2 Å². The summed E-state index contributed by atoms with van der Waals surface area (Å²) in [5, 5.41) is 0. The Balaban J connectivity index is 1.39. The van der Waals surface area contributed by atoms with E-state index in [1.165, 1.54) is 25.7 Å². The van der Waals surface area contributed by atoms with Crippen molar-refractivity contribution in [2.45, 2.75) is 64.1 Å². The predicted octanol–water partition coefficient (Wildman–Crippen LogP) is 5.40. The van der Waals surface area contributed by atoms with Crippen molar-refractivity contribution in [2.24, 2.45) is 23.7 Å². The zero-order valence-corrected chi connectivity index (χ0v) is 14.2. The number of allylic oxidation sites excluding steroid dienone is 3. The summed E-state index contributed by atoms with van der Waals surface area (Å²) in [6, 6.07) is 0. The number of ether oxygens (including phenoxy) is 2. The van der Waals surface area contributed by atoms with Gasteiger partial charge in [-0.05, 0) is 69.6 Å². The third kappa shape index (κ3) is 4.67. The highest BCUT2D eigenvalue weighted by Gasteiger charge is 2.34. The Bertz CT molecular complexity index is 404. The Morgan fingerprint density at radius 2 is 1.74 bits per heavy atom. The van der Waals surface area contributed by atoms with Crippen LogP contribution >= 0.6 is 0 Å². The van der Waals surface area contributed by atoms with E-state index in [-0.39, 0.29) is 12.1 Å².